The number of nitrogens with one attached hydrogen (secondary N) is 1. The Kier molecular flexibility index (Phi) is 5.46. The smallest absolute Gasteiger partial charge is 0.272 e. The van der Waals surface area contributed by atoms with E-state index in [9.17, 15) is 9.59 Å². The maximum atomic E-state index is 12.5. The Morgan fingerprint density at radius 3 is 2.48 bits per heavy atom. The van der Waals surface area contributed by atoms with Crippen LogP contribution >= 0.6 is 0 Å². The molecular weight excluding hydrogens is 290 g/mol. The zero-order chi connectivity index (χ0) is 16.8. The Hall–Kier alpha value is -2.69. The molecule has 1 aromatic heterocycles. The minimum atomic E-state index is -0.225. The molecule has 1 heterocycles. The molecule has 5 heteroatoms. The average molecular weight is 311 g/mol. The van der Waals surface area contributed by atoms with E-state index < -0.39 is 0 Å². The van der Waals surface area contributed by atoms with Crippen molar-refractivity contribution in [2.45, 2.75) is 19.3 Å². The van der Waals surface area contributed by atoms with Crippen molar-refractivity contribution >= 4 is 17.5 Å². The molecule has 0 saturated carbocycles. The molecule has 5 nitrogen and oxygen atoms in total. The molecule has 2 amide bonds. The fraction of sp³-hybridized carbons (Fsp3) is 0.278. The molecule has 0 bridgehead atoms. The number of nitrogens with zero attached hydrogens (tertiary/aromatic N) is 2. The molecule has 0 fully saturated rings. The summed E-state index contributed by atoms with van der Waals surface area (Å²) in [5, 5.41) is 2.88. The van der Waals surface area contributed by atoms with Crippen LogP contribution in [0, 0.1) is 0 Å². The van der Waals surface area contributed by atoms with Crippen LogP contribution in [-0.4, -0.2) is 35.8 Å². The lowest BCUT2D eigenvalue weighted by atomic mass is 9.95. The summed E-state index contributed by atoms with van der Waals surface area (Å²) in [5.74, 6) is -0.512. The van der Waals surface area contributed by atoms with Crippen molar-refractivity contribution < 1.29 is 9.59 Å². The van der Waals surface area contributed by atoms with E-state index in [1.54, 1.807) is 26.2 Å². The summed E-state index contributed by atoms with van der Waals surface area (Å²) in [5.41, 5.74) is 1.86. The maximum absolute atomic E-state index is 12.5. The fourth-order valence-corrected chi connectivity index (χ4v) is 2.34. The quantitative estimate of drug-likeness (QED) is 0.923. The predicted molar refractivity (Wildman–Crippen MR) is 90.4 cm³/mol. The molecule has 1 atom stereocenters. The Bertz CT molecular complexity index is 684. The molecule has 2 aromatic rings. The third kappa shape index (κ3) is 4.16. The zero-order valence-electron chi connectivity index (χ0n) is 13.6. The first-order chi connectivity index (χ1) is 11.0. The lowest BCUT2D eigenvalue weighted by molar-refractivity contribution is -0.117. The summed E-state index contributed by atoms with van der Waals surface area (Å²) in [7, 11) is 3.33. The van der Waals surface area contributed by atoms with E-state index in [4.69, 9.17) is 0 Å². The van der Waals surface area contributed by atoms with Gasteiger partial charge in [-0.2, -0.15) is 0 Å². The Labute approximate surface area is 136 Å². The Balaban J connectivity index is 2.16. The van der Waals surface area contributed by atoms with Crippen LogP contribution in [0.5, 0.6) is 0 Å². The number of aromatic nitrogens is 1. The van der Waals surface area contributed by atoms with Gasteiger partial charge in [-0.05, 0) is 24.1 Å². The van der Waals surface area contributed by atoms with Crippen molar-refractivity contribution in [3.63, 3.8) is 0 Å². The number of hydrogen-bond acceptors (Lipinski definition) is 3. The van der Waals surface area contributed by atoms with E-state index in [1.165, 1.54) is 11.1 Å². The summed E-state index contributed by atoms with van der Waals surface area (Å²) in [6, 6.07) is 12.9. The second kappa shape index (κ2) is 7.54. The van der Waals surface area contributed by atoms with E-state index >= 15 is 0 Å². The number of hydrogen-bond donors (Lipinski definition) is 1. The molecule has 2 rings (SSSR count). The normalized spacial score (nSPS) is 11.6. The number of benzene rings is 1. The van der Waals surface area contributed by atoms with Crippen molar-refractivity contribution in [3.05, 3.63) is 59.9 Å². The van der Waals surface area contributed by atoms with Gasteiger partial charge in [0.05, 0.1) is 5.92 Å². The molecule has 23 heavy (non-hydrogen) atoms. The van der Waals surface area contributed by atoms with Gasteiger partial charge in [0.15, 0.2) is 0 Å². The van der Waals surface area contributed by atoms with Crippen LogP contribution in [0.25, 0.3) is 0 Å². The minimum absolute atomic E-state index is 0.0897. The van der Waals surface area contributed by atoms with Crippen molar-refractivity contribution in [3.8, 4) is 0 Å². The van der Waals surface area contributed by atoms with Crippen molar-refractivity contribution in [1.82, 2.24) is 9.88 Å². The van der Waals surface area contributed by atoms with Gasteiger partial charge in [-0.1, -0.05) is 37.3 Å². The van der Waals surface area contributed by atoms with Gasteiger partial charge in [0, 0.05) is 26.0 Å². The van der Waals surface area contributed by atoms with E-state index in [0.717, 1.165) is 5.56 Å². The number of rotatable bonds is 5. The SMILES string of the molecule is CCC(C(=O)Nc1ccnc(C(=O)N(C)C)c1)c1ccccc1. The first-order valence-corrected chi connectivity index (χ1v) is 7.56. The average Bonchev–Trinajstić information content (AvgIpc) is 2.56. The highest BCUT2D eigenvalue weighted by molar-refractivity contribution is 5.98. The number of carbonyl (C=O) groups is 2. The Morgan fingerprint density at radius 2 is 1.87 bits per heavy atom. The highest BCUT2D eigenvalue weighted by Crippen LogP contribution is 2.21. The lowest BCUT2D eigenvalue weighted by Gasteiger charge is -2.16. The Morgan fingerprint density at radius 1 is 1.17 bits per heavy atom. The summed E-state index contributed by atoms with van der Waals surface area (Å²) in [6.45, 7) is 1.98. The van der Waals surface area contributed by atoms with Gasteiger partial charge in [-0.25, -0.2) is 0 Å². The largest absolute Gasteiger partial charge is 0.343 e. The van der Waals surface area contributed by atoms with Gasteiger partial charge in [-0.3, -0.25) is 14.6 Å². The van der Waals surface area contributed by atoms with Crippen LogP contribution in [0.1, 0.15) is 35.3 Å². The van der Waals surface area contributed by atoms with Crippen LogP contribution in [-0.2, 0) is 4.79 Å². The number of amides is 2. The predicted octanol–water partition coefficient (Wildman–Crippen LogP) is 2.92. The molecular formula is C18H21N3O2. The van der Waals surface area contributed by atoms with Gasteiger partial charge in [0.25, 0.3) is 5.91 Å². The van der Waals surface area contributed by atoms with E-state index in [2.05, 4.69) is 10.3 Å². The first kappa shape index (κ1) is 16.7. The summed E-state index contributed by atoms with van der Waals surface area (Å²) < 4.78 is 0. The fourth-order valence-electron chi connectivity index (χ4n) is 2.34. The monoisotopic (exact) mass is 311 g/mol. The second-order valence-electron chi connectivity index (χ2n) is 5.49. The second-order valence-corrected chi connectivity index (χ2v) is 5.49. The van der Waals surface area contributed by atoms with Gasteiger partial charge in [0.1, 0.15) is 5.69 Å². The van der Waals surface area contributed by atoms with Crippen LogP contribution < -0.4 is 5.32 Å². The molecule has 0 aliphatic heterocycles. The van der Waals surface area contributed by atoms with Crippen molar-refractivity contribution in [2.75, 3.05) is 19.4 Å². The summed E-state index contributed by atoms with van der Waals surface area (Å²) >= 11 is 0. The minimum Gasteiger partial charge on any atom is -0.343 e. The molecule has 0 radical (unpaired) electrons. The third-order valence-corrected chi connectivity index (χ3v) is 3.58. The zero-order valence-corrected chi connectivity index (χ0v) is 13.6. The molecule has 1 N–H and O–H groups in total. The molecule has 1 unspecified atom stereocenters. The van der Waals surface area contributed by atoms with Gasteiger partial charge >= 0.3 is 0 Å². The summed E-state index contributed by atoms with van der Waals surface area (Å²) in [4.78, 5) is 30.0. The van der Waals surface area contributed by atoms with Crippen molar-refractivity contribution in [1.29, 1.82) is 0 Å². The molecule has 120 valence electrons. The molecule has 1 aromatic carbocycles. The molecule has 0 aliphatic carbocycles. The van der Waals surface area contributed by atoms with Crippen LogP contribution in [0.3, 0.4) is 0 Å². The highest BCUT2D eigenvalue weighted by Gasteiger charge is 2.19. The van der Waals surface area contributed by atoms with Gasteiger partial charge in [0.2, 0.25) is 5.91 Å². The summed E-state index contributed by atoms with van der Waals surface area (Å²) in [6.07, 6.45) is 2.22. The standard InChI is InChI=1S/C18H21N3O2/c1-4-15(13-8-6-5-7-9-13)17(22)20-14-10-11-19-16(12-14)18(23)21(2)3/h5-12,15H,4H2,1-3H3,(H,19,20,22). The number of anilines is 1. The number of carbonyl (C=O) groups excluding carboxylic acids is 2. The lowest BCUT2D eigenvalue weighted by Crippen LogP contribution is -2.24. The maximum Gasteiger partial charge on any atom is 0.272 e. The third-order valence-electron chi connectivity index (χ3n) is 3.58. The van der Waals surface area contributed by atoms with Crippen LogP contribution in [0.2, 0.25) is 0 Å². The molecule has 0 aliphatic rings. The van der Waals surface area contributed by atoms with E-state index in [0.29, 0.717) is 17.8 Å². The topological polar surface area (TPSA) is 62.3 Å². The molecule has 0 saturated heterocycles. The highest BCUT2D eigenvalue weighted by atomic mass is 16.2. The van der Waals surface area contributed by atoms with E-state index in [-0.39, 0.29) is 17.7 Å². The van der Waals surface area contributed by atoms with E-state index in [1.807, 2.05) is 37.3 Å². The van der Waals surface area contributed by atoms with Crippen molar-refractivity contribution in [2.24, 2.45) is 0 Å². The van der Waals surface area contributed by atoms with Crippen LogP contribution in [0.4, 0.5) is 5.69 Å². The molecule has 0 spiro atoms. The van der Waals surface area contributed by atoms with Crippen LogP contribution in [0.15, 0.2) is 48.7 Å². The number of pyridine rings is 1. The van der Waals surface area contributed by atoms with Gasteiger partial charge < -0.3 is 10.2 Å². The van der Waals surface area contributed by atoms with Gasteiger partial charge in [-0.15, -0.1) is 0 Å². The first-order valence-electron chi connectivity index (χ1n) is 7.56.